The van der Waals surface area contributed by atoms with Crippen LogP contribution in [0.5, 0.6) is 0 Å². The highest BCUT2D eigenvalue weighted by atomic mass is 16.4. The van der Waals surface area contributed by atoms with Crippen molar-refractivity contribution >= 4 is 5.97 Å². The maximum Gasteiger partial charge on any atom is 0.317 e. The van der Waals surface area contributed by atoms with Gasteiger partial charge >= 0.3 is 5.97 Å². The molecule has 0 fully saturated rings. The summed E-state index contributed by atoms with van der Waals surface area (Å²) in [6.07, 6.45) is 1.01. The second-order valence-corrected chi connectivity index (χ2v) is 4.94. The quantitative estimate of drug-likeness (QED) is 0.709. The van der Waals surface area contributed by atoms with Gasteiger partial charge in [-0.05, 0) is 18.3 Å². The van der Waals surface area contributed by atoms with Crippen LogP contribution in [0.2, 0.25) is 0 Å². The lowest BCUT2D eigenvalue weighted by Gasteiger charge is -2.33. The molecule has 3 nitrogen and oxygen atoms in total. The lowest BCUT2D eigenvalue weighted by atomic mass is 9.98. The zero-order chi connectivity index (χ0) is 12.0. The summed E-state index contributed by atoms with van der Waals surface area (Å²) in [5, 5.41) is 8.88. The molecule has 1 atom stereocenters. The highest BCUT2D eigenvalue weighted by Gasteiger charge is 2.22. The zero-order valence-electron chi connectivity index (χ0n) is 10.7. The molecule has 0 aromatic carbocycles. The molecule has 0 aliphatic heterocycles. The second kappa shape index (κ2) is 6.83. The molecular weight excluding hydrogens is 190 g/mol. The van der Waals surface area contributed by atoms with Crippen molar-refractivity contribution in [2.45, 2.75) is 47.1 Å². The molecule has 0 aliphatic carbocycles. The Balaban J connectivity index is 4.49. The summed E-state index contributed by atoms with van der Waals surface area (Å²) in [6, 6.07) is 0.378. The number of rotatable bonds is 7. The Hall–Kier alpha value is -0.570. The smallest absolute Gasteiger partial charge is 0.317 e. The molecule has 1 unspecified atom stereocenters. The SMILES string of the molecule is CCC(C(C)C)N(CC(=O)O)CC(C)C. The van der Waals surface area contributed by atoms with Crippen LogP contribution in [0, 0.1) is 11.8 Å². The lowest BCUT2D eigenvalue weighted by Crippen LogP contribution is -2.43. The third-order valence-electron chi connectivity index (χ3n) is 2.59. The summed E-state index contributed by atoms with van der Waals surface area (Å²) in [5.74, 6) is 0.292. The fraction of sp³-hybridized carbons (Fsp3) is 0.917. The molecule has 0 aromatic rings. The van der Waals surface area contributed by atoms with Gasteiger partial charge in [-0.1, -0.05) is 34.6 Å². The minimum atomic E-state index is -0.727. The fourth-order valence-electron chi connectivity index (χ4n) is 2.11. The van der Waals surface area contributed by atoms with E-state index < -0.39 is 5.97 Å². The average molecular weight is 215 g/mol. The Kier molecular flexibility index (Phi) is 6.57. The Labute approximate surface area is 93.5 Å². The van der Waals surface area contributed by atoms with Gasteiger partial charge in [-0.3, -0.25) is 9.69 Å². The van der Waals surface area contributed by atoms with Crippen LogP contribution >= 0.6 is 0 Å². The van der Waals surface area contributed by atoms with Crippen molar-refractivity contribution < 1.29 is 9.90 Å². The van der Waals surface area contributed by atoms with Crippen LogP contribution < -0.4 is 0 Å². The third kappa shape index (κ3) is 5.78. The molecule has 0 spiro atoms. The first-order chi connectivity index (χ1) is 6.88. The highest BCUT2D eigenvalue weighted by Crippen LogP contribution is 2.15. The van der Waals surface area contributed by atoms with Gasteiger partial charge in [0.2, 0.25) is 0 Å². The summed E-state index contributed by atoms with van der Waals surface area (Å²) in [5.41, 5.74) is 0. The van der Waals surface area contributed by atoms with Gasteiger partial charge in [0.15, 0.2) is 0 Å². The normalized spacial score (nSPS) is 13.9. The van der Waals surface area contributed by atoms with Crippen molar-refractivity contribution in [3.8, 4) is 0 Å². The van der Waals surface area contributed by atoms with E-state index in [1.165, 1.54) is 0 Å². The van der Waals surface area contributed by atoms with Crippen LogP contribution in [0.15, 0.2) is 0 Å². The monoisotopic (exact) mass is 215 g/mol. The van der Waals surface area contributed by atoms with E-state index in [2.05, 4.69) is 39.5 Å². The highest BCUT2D eigenvalue weighted by molar-refractivity contribution is 5.69. The van der Waals surface area contributed by atoms with Gasteiger partial charge in [-0.15, -0.1) is 0 Å². The molecule has 90 valence electrons. The maximum atomic E-state index is 10.8. The summed E-state index contributed by atoms with van der Waals surface area (Å²) >= 11 is 0. The van der Waals surface area contributed by atoms with Crippen molar-refractivity contribution in [3.63, 3.8) is 0 Å². The standard InChI is InChI=1S/C12H25NO2/c1-6-11(10(4)5)13(7-9(2)3)8-12(14)15/h9-11H,6-8H2,1-5H3,(H,14,15). The third-order valence-corrected chi connectivity index (χ3v) is 2.59. The van der Waals surface area contributed by atoms with Crippen LogP contribution in [0.1, 0.15) is 41.0 Å². The van der Waals surface area contributed by atoms with Gasteiger partial charge in [-0.2, -0.15) is 0 Å². The van der Waals surface area contributed by atoms with Gasteiger partial charge in [-0.25, -0.2) is 0 Å². The number of carboxylic acid groups (broad SMARTS) is 1. The summed E-state index contributed by atoms with van der Waals surface area (Å²) in [6.45, 7) is 11.7. The van der Waals surface area contributed by atoms with Gasteiger partial charge in [0.1, 0.15) is 0 Å². The van der Waals surface area contributed by atoms with Crippen molar-refractivity contribution in [1.29, 1.82) is 0 Å². The molecule has 0 aliphatic rings. The van der Waals surface area contributed by atoms with Gasteiger partial charge in [0, 0.05) is 12.6 Å². The lowest BCUT2D eigenvalue weighted by molar-refractivity contribution is -0.139. The first-order valence-corrected chi connectivity index (χ1v) is 5.84. The molecule has 15 heavy (non-hydrogen) atoms. The van der Waals surface area contributed by atoms with Gasteiger partial charge < -0.3 is 5.11 Å². The molecule has 0 rings (SSSR count). The molecule has 0 saturated heterocycles. The van der Waals surface area contributed by atoms with E-state index in [0.717, 1.165) is 13.0 Å². The number of nitrogens with zero attached hydrogens (tertiary/aromatic N) is 1. The second-order valence-electron chi connectivity index (χ2n) is 4.94. The van der Waals surface area contributed by atoms with Gasteiger partial charge in [0.05, 0.1) is 6.54 Å². The predicted molar refractivity (Wildman–Crippen MR) is 63.0 cm³/mol. The summed E-state index contributed by atoms with van der Waals surface area (Å²) in [7, 11) is 0. The van der Waals surface area contributed by atoms with Crippen LogP contribution in [-0.4, -0.2) is 35.1 Å². The van der Waals surface area contributed by atoms with E-state index >= 15 is 0 Å². The van der Waals surface area contributed by atoms with Crippen molar-refractivity contribution in [2.24, 2.45) is 11.8 Å². The number of carbonyl (C=O) groups is 1. The Morgan fingerprint density at radius 2 is 1.80 bits per heavy atom. The van der Waals surface area contributed by atoms with Crippen LogP contribution in [-0.2, 0) is 4.79 Å². The van der Waals surface area contributed by atoms with Crippen molar-refractivity contribution in [1.82, 2.24) is 4.90 Å². The van der Waals surface area contributed by atoms with E-state index in [-0.39, 0.29) is 6.54 Å². The Morgan fingerprint density at radius 3 is 2.07 bits per heavy atom. The fourth-order valence-corrected chi connectivity index (χ4v) is 2.11. The minimum Gasteiger partial charge on any atom is -0.480 e. The molecule has 0 bridgehead atoms. The Bertz CT molecular complexity index is 190. The van der Waals surface area contributed by atoms with Crippen LogP contribution in [0.4, 0.5) is 0 Å². The van der Waals surface area contributed by atoms with E-state index in [4.69, 9.17) is 5.11 Å². The maximum absolute atomic E-state index is 10.8. The number of hydrogen-bond acceptors (Lipinski definition) is 2. The van der Waals surface area contributed by atoms with Crippen LogP contribution in [0.3, 0.4) is 0 Å². The summed E-state index contributed by atoms with van der Waals surface area (Å²) < 4.78 is 0. The number of carboxylic acids is 1. The Morgan fingerprint density at radius 1 is 1.27 bits per heavy atom. The first-order valence-electron chi connectivity index (χ1n) is 5.84. The largest absolute Gasteiger partial charge is 0.480 e. The number of aliphatic carboxylic acids is 1. The van der Waals surface area contributed by atoms with Crippen LogP contribution in [0.25, 0.3) is 0 Å². The van der Waals surface area contributed by atoms with Crippen molar-refractivity contribution in [2.75, 3.05) is 13.1 Å². The predicted octanol–water partition coefficient (Wildman–Crippen LogP) is 2.46. The molecule has 3 heteroatoms. The van der Waals surface area contributed by atoms with E-state index in [0.29, 0.717) is 17.9 Å². The molecule has 0 heterocycles. The molecule has 0 amide bonds. The van der Waals surface area contributed by atoms with Gasteiger partial charge in [0.25, 0.3) is 0 Å². The molecule has 0 saturated carbocycles. The molecule has 0 radical (unpaired) electrons. The van der Waals surface area contributed by atoms with Crippen molar-refractivity contribution in [3.05, 3.63) is 0 Å². The molecular formula is C12H25NO2. The number of hydrogen-bond donors (Lipinski definition) is 1. The zero-order valence-corrected chi connectivity index (χ0v) is 10.7. The average Bonchev–Trinajstić information content (AvgIpc) is 2.01. The topological polar surface area (TPSA) is 40.5 Å². The summed E-state index contributed by atoms with van der Waals surface area (Å²) in [4.78, 5) is 12.9. The molecule has 0 aromatic heterocycles. The van der Waals surface area contributed by atoms with E-state index in [1.54, 1.807) is 0 Å². The van der Waals surface area contributed by atoms with E-state index in [9.17, 15) is 4.79 Å². The minimum absolute atomic E-state index is 0.162. The first kappa shape index (κ1) is 14.4. The van der Waals surface area contributed by atoms with E-state index in [1.807, 2.05) is 0 Å². The molecule has 1 N–H and O–H groups in total.